The summed E-state index contributed by atoms with van der Waals surface area (Å²) in [6, 6.07) is 9.55. The molecule has 0 saturated carbocycles. The monoisotopic (exact) mass is 249 g/mol. The van der Waals surface area contributed by atoms with E-state index in [0.717, 1.165) is 25.1 Å². The Kier molecular flexibility index (Phi) is 4.59. The minimum Gasteiger partial charge on any atom is -0.447 e. The summed E-state index contributed by atoms with van der Waals surface area (Å²) >= 11 is 0. The molecular weight excluding hydrogens is 230 g/mol. The first-order chi connectivity index (χ1) is 8.83. The minimum absolute atomic E-state index is 0.0169. The van der Waals surface area contributed by atoms with Crippen LogP contribution < -0.4 is 4.90 Å². The smallest absolute Gasteiger partial charge is 0.414 e. The van der Waals surface area contributed by atoms with Gasteiger partial charge in [0, 0.05) is 12.3 Å². The minimum atomic E-state index is -0.287. The maximum Gasteiger partial charge on any atom is 0.414 e. The van der Waals surface area contributed by atoms with Crippen molar-refractivity contribution in [3.63, 3.8) is 0 Å². The predicted molar refractivity (Wildman–Crippen MR) is 69.8 cm³/mol. The third-order valence-electron chi connectivity index (χ3n) is 2.95. The van der Waals surface area contributed by atoms with Gasteiger partial charge in [-0.2, -0.15) is 0 Å². The zero-order valence-corrected chi connectivity index (χ0v) is 10.7. The van der Waals surface area contributed by atoms with Gasteiger partial charge in [-0.1, -0.05) is 31.5 Å². The van der Waals surface area contributed by atoms with Gasteiger partial charge in [0.05, 0.1) is 12.6 Å². The van der Waals surface area contributed by atoms with Crippen LogP contribution in [0.4, 0.5) is 10.5 Å². The van der Waals surface area contributed by atoms with Crippen LogP contribution in [0.25, 0.3) is 0 Å². The molecule has 1 aromatic rings. The summed E-state index contributed by atoms with van der Waals surface area (Å²) in [5.74, 6) is 0. The van der Waals surface area contributed by atoms with Crippen molar-refractivity contribution in [2.24, 2.45) is 0 Å². The van der Waals surface area contributed by atoms with Crippen molar-refractivity contribution in [2.75, 3.05) is 24.7 Å². The molecule has 98 valence electrons. The maximum absolute atomic E-state index is 11.7. The van der Waals surface area contributed by atoms with Crippen molar-refractivity contribution >= 4 is 11.8 Å². The highest BCUT2D eigenvalue weighted by Gasteiger charge is 2.34. The van der Waals surface area contributed by atoms with E-state index in [1.54, 1.807) is 4.90 Å². The number of amides is 1. The van der Waals surface area contributed by atoms with Gasteiger partial charge in [0.25, 0.3) is 0 Å². The number of nitrogens with zero attached hydrogens (tertiary/aromatic N) is 1. The van der Waals surface area contributed by atoms with Gasteiger partial charge >= 0.3 is 6.09 Å². The highest BCUT2D eigenvalue weighted by molar-refractivity contribution is 5.90. The highest BCUT2D eigenvalue weighted by Crippen LogP contribution is 2.22. The number of para-hydroxylation sites is 1. The van der Waals surface area contributed by atoms with Gasteiger partial charge in [-0.3, -0.25) is 4.90 Å². The predicted octanol–water partition coefficient (Wildman–Crippen LogP) is 2.83. The Balaban J connectivity index is 1.95. The Hall–Kier alpha value is -1.55. The second kappa shape index (κ2) is 6.40. The number of carbonyl (C=O) groups excluding carboxylic acids is 1. The summed E-state index contributed by atoms with van der Waals surface area (Å²) in [6.07, 6.45) is 1.88. The molecule has 0 spiro atoms. The number of ether oxygens (including phenoxy) is 2. The zero-order chi connectivity index (χ0) is 12.8. The second-order valence-corrected chi connectivity index (χ2v) is 4.36. The first-order valence-electron chi connectivity index (χ1n) is 6.41. The Morgan fingerprint density at radius 2 is 2.17 bits per heavy atom. The number of hydrogen-bond donors (Lipinski definition) is 0. The molecule has 0 aromatic heterocycles. The van der Waals surface area contributed by atoms with Crippen molar-refractivity contribution in [2.45, 2.75) is 25.8 Å². The number of anilines is 1. The number of rotatable bonds is 6. The van der Waals surface area contributed by atoms with Gasteiger partial charge in [0.1, 0.15) is 6.61 Å². The first-order valence-corrected chi connectivity index (χ1v) is 6.41. The lowest BCUT2D eigenvalue weighted by Crippen LogP contribution is -2.37. The van der Waals surface area contributed by atoms with Crippen molar-refractivity contribution in [3.8, 4) is 0 Å². The molecule has 1 aliphatic heterocycles. The fourth-order valence-corrected chi connectivity index (χ4v) is 1.95. The summed E-state index contributed by atoms with van der Waals surface area (Å²) in [5, 5.41) is 0. The van der Waals surface area contributed by atoms with Crippen molar-refractivity contribution in [1.29, 1.82) is 0 Å². The van der Waals surface area contributed by atoms with Crippen molar-refractivity contribution in [1.82, 2.24) is 0 Å². The molecule has 1 aliphatic rings. The van der Waals surface area contributed by atoms with Crippen molar-refractivity contribution < 1.29 is 14.3 Å². The largest absolute Gasteiger partial charge is 0.447 e. The molecule has 0 N–H and O–H groups in total. The van der Waals surface area contributed by atoms with E-state index in [0.29, 0.717) is 13.2 Å². The van der Waals surface area contributed by atoms with Crippen molar-refractivity contribution in [3.05, 3.63) is 30.3 Å². The number of benzene rings is 1. The van der Waals surface area contributed by atoms with Gasteiger partial charge in [0.15, 0.2) is 0 Å². The van der Waals surface area contributed by atoms with Crippen LogP contribution in [0.3, 0.4) is 0 Å². The lowest BCUT2D eigenvalue weighted by molar-refractivity contribution is 0.111. The van der Waals surface area contributed by atoms with Crippen LogP contribution >= 0.6 is 0 Å². The molecule has 1 fully saturated rings. The quantitative estimate of drug-likeness (QED) is 0.728. The van der Waals surface area contributed by atoms with Crippen LogP contribution in [0.15, 0.2) is 30.3 Å². The third kappa shape index (κ3) is 3.01. The molecule has 1 amide bonds. The molecule has 1 saturated heterocycles. The fraction of sp³-hybridized carbons (Fsp3) is 0.500. The molecule has 0 bridgehead atoms. The normalized spacial score (nSPS) is 19.1. The fourth-order valence-electron chi connectivity index (χ4n) is 1.95. The molecule has 1 heterocycles. The molecule has 0 radical (unpaired) electrons. The van der Waals surface area contributed by atoms with E-state index in [1.807, 2.05) is 30.3 Å². The topological polar surface area (TPSA) is 38.8 Å². The molecule has 0 unspecified atom stereocenters. The van der Waals surface area contributed by atoms with E-state index in [9.17, 15) is 4.79 Å². The molecule has 1 aromatic carbocycles. The third-order valence-corrected chi connectivity index (χ3v) is 2.95. The Morgan fingerprint density at radius 3 is 2.89 bits per heavy atom. The van der Waals surface area contributed by atoms with Gasteiger partial charge in [-0.05, 0) is 18.6 Å². The van der Waals surface area contributed by atoms with E-state index in [-0.39, 0.29) is 12.1 Å². The summed E-state index contributed by atoms with van der Waals surface area (Å²) in [6.45, 7) is 3.80. The van der Waals surface area contributed by atoms with E-state index in [4.69, 9.17) is 9.47 Å². The Labute approximate surface area is 107 Å². The maximum atomic E-state index is 11.7. The number of unbranched alkanes of at least 4 members (excludes halogenated alkanes) is 1. The molecule has 4 nitrogen and oxygen atoms in total. The average Bonchev–Trinajstić information content (AvgIpc) is 2.77. The Bertz CT molecular complexity index is 380. The molecule has 1 atom stereocenters. The Morgan fingerprint density at radius 1 is 1.39 bits per heavy atom. The number of hydrogen-bond acceptors (Lipinski definition) is 3. The number of carbonyl (C=O) groups is 1. The summed E-state index contributed by atoms with van der Waals surface area (Å²) in [7, 11) is 0. The van der Waals surface area contributed by atoms with Crippen LogP contribution in [0.2, 0.25) is 0 Å². The van der Waals surface area contributed by atoms with Gasteiger partial charge < -0.3 is 9.47 Å². The molecule has 4 heteroatoms. The SMILES string of the molecule is CCCCOC[C@H]1COC(=O)N1c1ccccc1. The van der Waals surface area contributed by atoms with Crippen LogP contribution in [-0.2, 0) is 9.47 Å². The summed E-state index contributed by atoms with van der Waals surface area (Å²) in [5.41, 5.74) is 0.865. The van der Waals surface area contributed by atoms with E-state index in [2.05, 4.69) is 6.92 Å². The standard InChI is InChI=1S/C14H19NO3/c1-2-3-9-17-10-13-11-18-14(16)15(13)12-7-5-4-6-8-12/h4-8,13H,2-3,9-11H2,1H3/t13-/m0/s1. The van der Waals surface area contributed by atoms with Gasteiger partial charge in [0.2, 0.25) is 0 Å². The van der Waals surface area contributed by atoms with E-state index >= 15 is 0 Å². The zero-order valence-electron chi connectivity index (χ0n) is 10.7. The van der Waals surface area contributed by atoms with Crippen LogP contribution in [0.5, 0.6) is 0 Å². The lowest BCUT2D eigenvalue weighted by atomic mass is 10.2. The molecule has 18 heavy (non-hydrogen) atoms. The van der Waals surface area contributed by atoms with Crippen LogP contribution in [0.1, 0.15) is 19.8 Å². The summed E-state index contributed by atoms with van der Waals surface area (Å²) < 4.78 is 10.7. The van der Waals surface area contributed by atoms with Gasteiger partial charge in [-0.15, -0.1) is 0 Å². The first kappa shape index (κ1) is 12.9. The van der Waals surface area contributed by atoms with Crippen LogP contribution in [0, 0.1) is 0 Å². The second-order valence-electron chi connectivity index (χ2n) is 4.36. The van der Waals surface area contributed by atoms with Gasteiger partial charge in [-0.25, -0.2) is 4.79 Å². The highest BCUT2D eigenvalue weighted by atomic mass is 16.6. The lowest BCUT2D eigenvalue weighted by Gasteiger charge is -2.21. The van der Waals surface area contributed by atoms with E-state index in [1.165, 1.54) is 0 Å². The van der Waals surface area contributed by atoms with Crippen LogP contribution in [-0.4, -0.2) is 32.0 Å². The van der Waals surface area contributed by atoms with E-state index < -0.39 is 0 Å². The summed E-state index contributed by atoms with van der Waals surface area (Å²) in [4.78, 5) is 13.4. The molecule has 0 aliphatic carbocycles. The molecule has 2 rings (SSSR count). The average molecular weight is 249 g/mol. The number of cyclic esters (lactones) is 1. The molecular formula is C14H19NO3.